The summed E-state index contributed by atoms with van der Waals surface area (Å²) in [5.41, 5.74) is 6.89. The van der Waals surface area contributed by atoms with Gasteiger partial charge in [-0.1, -0.05) is 94.6 Å². The average molecular weight is 725 g/mol. The number of carbonyl (C=O) groups is 4. The Morgan fingerprint density at radius 3 is 2.25 bits per heavy atom. The number of Topliss-reactive ketones (excluding diaryl/α,β-unsaturated/α-hetero) is 2. The molecular weight excluding hydrogens is 665 g/mol. The first-order valence-corrected chi connectivity index (χ1v) is 19.5. The van der Waals surface area contributed by atoms with Crippen LogP contribution in [-0.2, 0) is 25.5 Å². The first-order valence-electron chi connectivity index (χ1n) is 19.5. The summed E-state index contributed by atoms with van der Waals surface area (Å²) < 4.78 is 6.86. The lowest BCUT2D eigenvalue weighted by atomic mass is 9.71. The van der Waals surface area contributed by atoms with E-state index in [1.807, 2.05) is 81.4 Å². The number of fused-ring (bicyclic) bond motifs is 2. The van der Waals surface area contributed by atoms with Gasteiger partial charge in [-0.15, -0.1) is 0 Å². The molecule has 3 aromatic rings. The second-order valence-corrected chi connectivity index (χ2v) is 17.7. The van der Waals surface area contributed by atoms with E-state index >= 15 is 0 Å². The van der Waals surface area contributed by atoms with Crippen molar-refractivity contribution in [1.29, 1.82) is 0 Å². The number of amides is 2. The molecule has 6 atom stereocenters. The van der Waals surface area contributed by atoms with E-state index in [4.69, 9.17) is 10.5 Å². The lowest BCUT2D eigenvalue weighted by molar-refractivity contribution is -0.138. The van der Waals surface area contributed by atoms with Gasteiger partial charge < -0.3 is 15.8 Å². The molecule has 2 aromatic carbocycles. The highest BCUT2D eigenvalue weighted by atomic mass is 16.5. The number of carbonyl (C=O) groups excluding carboxylic acids is 4. The van der Waals surface area contributed by atoms with E-state index in [1.54, 1.807) is 6.07 Å². The highest BCUT2D eigenvalue weighted by molar-refractivity contribution is 5.99. The van der Waals surface area contributed by atoms with Gasteiger partial charge in [-0.2, -0.15) is 0 Å². The second-order valence-electron chi connectivity index (χ2n) is 17.7. The van der Waals surface area contributed by atoms with Crippen molar-refractivity contribution in [2.45, 2.75) is 123 Å². The molecule has 286 valence electrons. The summed E-state index contributed by atoms with van der Waals surface area (Å²) >= 11 is 0. The zero-order valence-electron chi connectivity index (χ0n) is 32.6. The Morgan fingerprint density at radius 1 is 0.887 bits per heavy atom. The Bertz CT molecular complexity index is 1730. The quantitative estimate of drug-likeness (QED) is 0.160. The fourth-order valence-electron chi connectivity index (χ4n) is 8.30. The molecule has 1 aliphatic carbocycles. The Kier molecular flexibility index (Phi) is 13.3. The fraction of sp³-hybridized carbons (Fsp3) is 0.568. The molecule has 9 nitrogen and oxygen atoms in total. The number of para-hydroxylation sites is 1. The number of piperidine rings is 1. The number of hydrogen-bond donors (Lipinski definition) is 2. The van der Waals surface area contributed by atoms with Crippen LogP contribution >= 0.6 is 0 Å². The van der Waals surface area contributed by atoms with Crippen LogP contribution in [0.1, 0.15) is 109 Å². The summed E-state index contributed by atoms with van der Waals surface area (Å²) in [6, 6.07) is 20.2. The maximum absolute atomic E-state index is 14.3. The number of ether oxygens (including phenoxy) is 1. The van der Waals surface area contributed by atoms with Crippen molar-refractivity contribution in [3.63, 3.8) is 0 Å². The number of nitrogens with two attached hydrogens (primary N) is 1. The van der Waals surface area contributed by atoms with Crippen LogP contribution in [0.3, 0.4) is 0 Å². The number of likely N-dealkylation sites (tertiary alicyclic amines) is 1. The summed E-state index contributed by atoms with van der Waals surface area (Å²) in [7, 11) is 0. The van der Waals surface area contributed by atoms with E-state index in [1.165, 1.54) is 19.3 Å². The Morgan fingerprint density at radius 2 is 1.57 bits per heavy atom. The van der Waals surface area contributed by atoms with Gasteiger partial charge in [0.1, 0.15) is 11.5 Å². The molecule has 2 amide bonds. The zero-order chi connectivity index (χ0) is 38.3. The van der Waals surface area contributed by atoms with Crippen LogP contribution in [0.25, 0.3) is 10.9 Å². The van der Waals surface area contributed by atoms with Crippen LogP contribution in [-0.4, -0.2) is 70.1 Å². The SMILES string of the molecule is CC(C)(C)CC(=O)[C@@H]1C[C@@H]2CCCC[C@@H]2CN1C[C@@H](OC(C)(C)C)[C@H](Cc1ccccc1)NC(=O)[C@H](CC(N)=O)CC(=O)c1ccc2ccccc2n1. The van der Waals surface area contributed by atoms with E-state index in [0.717, 1.165) is 30.3 Å². The molecule has 5 rings (SSSR count). The third kappa shape index (κ3) is 11.8. The predicted molar refractivity (Wildman–Crippen MR) is 209 cm³/mol. The average Bonchev–Trinajstić information content (AvgIpc) is 3.09. The molecule has 1 saturated heterocycles. The van der Waals surface area contributed by atoms with Crippen LogP contribution in [0, 0.1) is 23.2 Å². The van der Waals surface area contributed by atoms with Crippen LogP contribution in [0.15, 0.2) is 66.7 Å². The third-order valence-corrected chi connectivity index (χ3v) is 10.7. The molecule has 0 unspecified atom stereocenters. The molecule has 2 heterocycles. The highest BCUT2D eigenvalue weighted by Gasteiger charge is 2.43. The Labute approximate surface area is 315 Å². The number of aromatic nitrogens is 1. The van der Waals surface area contributed by atoms with Gasteiger partial charge in [0.2, 0.25) is 11.8 Å². The molecule has 0 bridgehead atoms. The van der Waals surface area contributed by atoms with Gasteiger partial charge in [-0.05, 0) is 75.0 Å². The van der Waals surface area contributed by atoms with Crippen molar-refractivity contribution in [3.05, 3.63) is 78.0 Å². The molecular formula is C44H60N4O5. The van der Waals surface area contributed by atoms with Crippen LogP contribution in [0.5, 0.6) is 0 Å². The molecule has 1 aliphatic heterocycles. The van der Waals surface area contributed by atoms with Crippen molar-refractivity contribution in [2.75, 3.05) is 13.1 Å². The van der Waals surface area contributed by atoms with Gasteiger partial charge in [0.15, 0.2) is 5.78 Å². The Balaban J connectivity index is 1.45. The van der Waals surface area contributed by atoms with Crippen LogP contribution < -0.4 is 11.1 Å². The number of nitrogens with zero attached hydrogens (tertiary/aromatic N) is 2. The molecule has 3 N–H and O–H groups in total. The van der Waals surface area contributed by atoms with Gasteiger partial charge in [0, 0.05) is 37.7 Å². The first kappa shape index (κ1) is 40.2. The summed E-state index contributed by atoms with van der Waals surface area (Å²) in [6.07, 6.45) is 5.54. The van der Waals surface area contributed by atoms with Gasteiger partial charge in [0.05, 0.1) is 35.2 Å². The highest BCUT2D eigenvalue weighted by Crippen LogP contribution is 2.40. The zero-order valence-corrected chi connectivity index (χ0v) is 32.6. The van der Waals surface area contributed by atoms with Crippen molar-refractivity contribution >= 4 is 34.3 Å². The van der Waals surface area contributed by atoms with Crippen molar-refractivity contribution in [1.82, 2.24) is 15.2 Å². The first-order chi connectivity index (χ1) is 25.0. The molecule has 1 aromatic heterocycles. The van der Waals surface area contributed by atoms with E-state index in [-0.39, 0.29) is 41.6 Å². The molecule has 2 fully saturated rings. The molecule has 2 aliphatic rings. The normalized spacial score (nSPS) is 21.3. The van der Waals surface area contributed by atoms with E-state index < -0.39 is 35.5 Å². The summed E-state index contributed by atoms with van der Waals surface area (Å²) in [5, 5.41) is 4.15. The van der Waals surface area contributed by atoms with Crippen molar-refractivity contribution < 1.29 is 23.9 Å². The second kappa shape index (κ2) is 17.5. The summed E-state index contributed by atoms with van der Waals surface area (Å²) in [5.74, 6) is -1.11. The minimum atomic E-state index is -0.999. The standard InChI is InChI=1S/C44H60N4O5/c1-43(2,3)26-39(50)37-23-31-17-10-11-18-32(31)27-48(37)28-40(53-44(4,5)6)36(22-29-14-8-7-9-15-29)47-42(52)33(25-41(45)51)24-38(49)35-21-20-30-16-12-13-19-34(30)46-35/h7-9,12-16,19-21,31-33,36-37,40H,10-11,17-18,22-28H2,1-6H3,(H2,45,51)(H,47,52)/t31-,32+,33-,36-,37-,40+/m0/s1. The van der Waals surface area contributed by atoms with E-state index in [0.29, 0.717) is 36.7 Å². The number of benzene rings is 2. The number of primary amides is 1. The molecule has 9 heteroatoms. The maximum atomic E-state index is 14.3. The molecule has 1 saturated carbocycles. The van der Waals surface area contributed by atoms with Crippen LogP contribution in [0.4, 0.5) is 0 Å². The van der Waals surface area contributed by atoms with Gasteiger partial charge in [-0.3, -0.25) is 24.1 Å². The minimum absolute atomic E-state index is 0.132. The Hall–Kier alpha value is -3.95. The fourth-order valence-corrected chi connectivity index (χ4v) is 8.30. The molecule has 0 radical (unpaired) electrons. The summed E-state index contributed by atoms with van der Waals surface area (Å²) in [4.78, 5) is 61.2. The molecule has 0 spiro atoms. The van der Waals surface area contributed by atoms with Gasteiger partial charge in [0.25, 0.3) is 0 Å². The van der Waals surface area contributed by atoms with Gasteiger partial charge in [-0.25, -0.2) is 4.98 Å². The van der Waals surface area contributed by atoms with Crippen molar-refractivity contribution in [3.8, 4) is 0 Å². The number of rotatable bonds is 15. The third-order valence-electron chi connectivity index (χ3n) is 10.7. The molecule has 53 heavy (non-hydrogen) atoms. The lowest BCUT2D eigenvalue weighted by Crippen LogP contribution is -2.59. The summed E-state index contributed by atoms with van der Waals surface area (Å²) in [6.45, 7) is 13.6. The number of pyridine rings is 1. The predicted octanol–water partition coefficient (Wildman–Crippen LogP) is 7.10. The largest absolute Gasteiger partial charge is 0.370 e. The monoisotopic (exact) mass is 724 g/mol. The maximum Gasteiger partial charge on any atom is 0.224 e. The smallest absolute Gasteiger partial charge is 0.224 e. The van der Waals surface area contributed by atoms with E-state index in [2.05, 4.69) is 36.0 Å². The van der Waals surface area contributed by atoms with E-state index in [9.17, 15) is 19.2 Å². The van der Waals surface area contributed by atoms with Crippen molar-refractivity contribution in [2.24, 2.45) is 28.9 Å². The topological polar surface area (TPSA) is 132 Å². The lowest BCUT2D eigenvalue weighted by Gasteiger charge is -2.48. The number of ketones is 2. The minimum Gasteiger partial charge on any atom is -0.370 e. The van der Waals surface area contributed by atoms with Gasteiger partial charge >= 0.3 is 0 Å². The van der Waals surface area contributed by atoms with Crippen LogP contribution in [0.2, 0.25) is 0 Å². The number of nitrogens with one attached hydrogen (secondary N) is 1. The number of hydrogen-bond acceptors (Lipinski definition) is 7.